The van der Waals surface area contributed by atoms with Crippen LogP contribution in [0.15, 0.2) is 60.7 Å². The summed E-state index contributed by atoms with van der Waals surface area (Å²) in [5, 5.41) is 12.2. The summed E-state index contributed by atoms with van der Waals surface area (Å²) in [7, 11) is 0. The second-order valence-corrected chi connectivity index (χ2v) is 6.61. The fraction of sp³-hybridized carbons (Fsp3) is 0.286. The van der Waals surface area contributed by atoms with Gasteiger partial charge in [0.15, 0.2) is 0 Å². The highest BCUT2D eigenvalue weighted by molar-refractivity contribution is 5.98. The van der Waals surface area contributed by atoms with Crippen molar-refractivity contribution in [3.8, 4) is 0 Å². The van der Waals surface area contributed by atoms with Crippen molar-refractivity contribution < 1.29 is 19.5 Å². The molecule has 0 saturated carbocycles. The zero-order valence-electron chi connectivity index (χ0n) is 14.9. The summed E-state index contributed by atoms with van der Waals surface area (Å²) in [5.74, 6) is -1.71. The Labute approximate surface area is 157 Å². The van der Waals surface area contributed by atoms with E-state index in [-0.39, 0.29) is 11.8 Å². The van der Waals surface area contributed by atoms with Gasteiger partial charge in [-0.1, -0.05) is 48.5 Å². The molecule has 1 aliphatic rings. The number of carboxylic acid groups (broad SMARTS) is 1. The van der Waals surface area contributed by atoms with Crippen molar-refractivity contribution in [2.75, 3.05) is 6.54 Å². The number of carboxylic acids is 1. The van der Waals surface area contributed by atoms with Crippen molar-refractivity contribution in [3.05, 3.63) is 71.8 Å². The number of hydrogen-bond donors (Lipinski definition) is 2. The highest BCUT2D eigenvalue weighted by atomic mass is 16.4. The zero-order chi connectivity index (χ0) is 19.2. The number of rotatable bonds is 6. The number of benzene rings is 2. The first-order valence-corrected chi connectivity index (χ1v) is 8.99. The molecule has 27 heavy (non-hydrogen) atoms. The van der Waals surface area contributed by atoms with E-state index in [1.807, 2.05) is 36.4 Å². The number of carbonyl (C=O) groups is 3. The minimum absolute atomic E-state index is 0.307. The van der Waals surface area contributed by atoms with Crippen molar-refractivity contribution in [2.45, 2.75) is 31.3 Å². The Morgan fingerprint density at radius 1 is 1.04 bits per heavy atom. The number of nitrogens with one attached hydrogen (secondary N) is 1. The molecular formula is C21H22N2O4. The SMILES string of the molecule is O=C(N[C@@H](Cc1ccccc1)C(=O)N1CCC[C@H]1C(=O)O)c1ccccc1. The largest absolute Gasteiger partial charge is 0.480 e. The molecule has 0 aliphatic carbocycles. The predicted molar refractivity (Wildman–Crippen MR) is 100 cm³/mol. The quantitative estimate of drug-likeness (QED) is 0.820. The van der Waals surface area contributed by atoms with Crippen molar-refractivity contribution in [3.63, 3.8) is 0 Å². The molecule has 0 aromatic heterocycles. The van der Waals surface area contributed by atoms with Gasteiger partial charge in [-0.05, 0) is 30.5 Å². The number of amides is 2. The van der Waals surface area contributed by atoms with Crippen LogP contribution in [-0.4, -0.2) is 46.4 Å². The van der Waals surface area contributed by atoms with E-state index in [1.165, 1.54) is 4.90 Å². The Kier molecular flexibility index (Phi) is 5.86. The lowest BCUT2D eigenvalue weighted by Gasteiger charge is -2.27. The van der Waals surface area contributed by atoms with E-state index in [4.69, 9.17) is 0 Å². The minimum atomic E-state index is -1.01. The predicted octanol–water partition coefficient (Wildman–Crippen LogP) is 2.10. The summed E-state index contributed by atoms with van der Waals surface area (Å²) < 4.78 is 0. The molecule has 2 amide bonds. The summed E-state index contributed by atoms with van der Waals surface area (Å²) >= 11 is 0. The number of nitrogens with zero attached hydrogens (tertiary/aromatic N) is 1. The first kappa shape index (κ1) is 18.6. The molecule has 140 valence electrons. The third-order valence-corrected chi connectivity index (χ3v) is 4.74. The van der Waals surface area contributed by atoms with Crippen LogP contribution in [0.3, 0.4) is 0 Å². The highest BCUT2D eigenvalue weighted by Crippen LogP contribution is 2.20. The van der Waals surface area contributed by atoms with Gasteiger partial charge in [-0.2, -0.15) is 0 Å². The van der Waals surface area contributed by atoms with Crippen LogP contribution in [0.25, 0.3) is 0 Å². The second-order valence-electron chi connectivity index (χ2n) is 6.61. The first-order chi connectivity index (χ1) is 13.1. The molecule has 0 radical (unpaired) electrons. The van der Waals surface area contributed by atoms with E-state index in [2.05, 4.69) is 5.32 Å². The van der Waals surface area contributed by atoms with Gasteiger partial charge in [-0.3, -0.25) is 9.59 Å². The molecule has 1 aliphatic heterocycles. The Morgan fingerprint density at radius 2 is 1.67 bits per heavy atom. The Hall–Kier alpha value is -3.15. The van der Waals surface area contributed by atoms with Crippen LogP contribution in [0.1, 0.15) is 28.8 Å². The van der Waals surface area contributed by atoms with Crippen LogP contribution >= 0.6 is 0 Å². The van der Waals surface area contributed by atoms with Gasteiger partial charge in [0.05, 0.1) is 0 Å². The maximum atomic E-state index is 13.1. The Balaban J connectivity index is 1.81. The smallest absolute Gasteiger partial charge is 0.326 e. The number of likely N-dealkylation sites (tertiary alicyclic amines) is 1. The molecule has 6 heteroatoms. The molecule has 2 aromatic rings. The molecular weight excluding hydrogens is 344 g/mol. The number of aliphatic carboxylic acids is 1. The third-order valence-electron chi connectivity index (χ3n) is 4.74. The van der Waals surface area contributed by atoms with Crippen molar-refractivity contribution in [2.24, 2.45) is 0 Å². The Bertz CT molecular complexity index is 807. The van der Waals surface area contributed by atoms with E-state index in [0.29, 0.717) is 31.4 Å². The van der Waals surface area contributed by atoms with Gasteiger partial charge in [0.1, 0.15) is 12.1 Å². The van der Waals surface area contributed by atoms with Gasteiger partial charge in [-0.15, -0.1) is 0 Å². The van der Waals surface area contributed by atoms with Crippen LogP contribution in [0.2, 0.25) is 0 Å². The highest BCUT2D eigenvalue weighted by Gasteiger charge is 2.37. The van der Waals surface area contributed by atoms with E-state index < -0.39 is 18.1 Å². The maximum Gasteiger partial charge on any atom is 0.326 e. The molecule has 1 fully saturated rings. The van der Waals surface area contributed by atoms with Crippen LogP contribution in [0.5, 0.6) is 0 Å². The van der Waals surface area contributed by atoms with Crippen LogP contribution < -0.4 is 5.32 Å². The molecule has 3 rings (SSSR count). The summed E-state index contributed by atoms with van der Waals surface area (Å²) in [6.45, 7) is 0.391. The van der Waals surface area contributed by atoms with Gasteiger partial charge in [-0.25, -0.2) is 4.79 Å². The first-order valence-electron chi connectivity index (χ1n) is 8.99. The lowest BCUT2D eigenvalue weighted by molar-refractivity contribution is -0.148. The molecule has 2 atom stereocenters. The molecule has 2 N–H and O–H groups in total. The molecule has 0 unspecified atom stereocenters. The van der Waals surface area contributed by atoms with Gasteiger partial charge in [0.25, 0.3) is 5.91 Å². The van der Waals surface area contributed by atoms with Crippen molar-refractivity contribution in [1.82, 2.24) is 10.2 Å². The standard InChI is InChI=1S/C21H22N2O4/c24-19(16-10-5-2-6-11-16)22-17(14-15-8-3-1-4-9-15)20(25)23-13-7-12-18(23)21(26)27/h1-6,8-11,17-18H,7,12-14H2,(H,22,24)(H,26,27)/t17-,18-/m0/s1. The average Bonchev–Trinajstić information content (AvgIpc) is 3.18. The summed E-state index contributed by atoms with van der Waals surface area (Å²) in [6, 6.07) is 16.4. The summed E-state index contributed by atoms with van der Waals surface area (Å²) in [5.41, 5.74) is 1.36. The fourth-order valence-corrected chi connectivity index (χ4v) is 3.37. The van der Waals surface area contributed by atoms with E-state index in [0.717, 1.165) is 5.56 Å². The van der Waals surface area contributed by atoms with Crippen LogP contribution in [-0.2, 0) is 16.0 Å². The van der Waals surface area contributed by atoms with E-state index >= 15 is 0 Å². The molecule has 1 heterocycles. The summed E-state index contributed by atoms with van der Waals surface area (Å²) in [6.07, 6.45) is 1.39. The van der Waals surface area contributed by atoms with E-state index in [9.17, 15) is 19.5 Å². The molecule has 0 spiro atoms. The molecule has 6 nitrogen and oxygen atoms in total. The molecule has 0 bridgehead atoms. The normalized spacial score (nSPS) is 17.3. The van der Waals surface area contributed by atoms with Gasteiger partial charge >= 0.3 is 5.97 Å². The minimum Gasteiger partial charge on any atom is -0.480 e. The topological polar surface area (TPSA) is 86.7 Å². The third kappa shape index (κ3) is 4.53. The summed E-state index contributed by atoms with van der Waals surface area (Å²) in [4.78, 5) is 38.5. The zero-order valence-corrected chi connectivity index (χ0v) is 14.9. The maximum absolute atomic E-state index is 13.1. The van der Waals surface area contributed by atoms with Gasteiger partial charge in [0.2, 0.25) is 5.91 Å². The monoisotopic (exact) mass is 366 g/mol. The van der Waals surface area contributed by atoms with Crippen LogP contribution in [0, 0.1) is 0 Å². The number of carbonyl (C=O) groups excluding carboxylic acids is 2. The van der Waals surface area contributed by atoms with Crippen LogP contribution in [0.4, 0.5) is 0 Å². The second kappa shape index (κ2) is 8.49. The lowest BCUT2D eigenvalue weighted by Crippen LogP contribution is -2.52. The van der Waals surface area contributed by atoms with Gasteiger partial charge in [0, 0.05) is 18.5 Å². The molecule has 1 saturated heterocycles. The lowest BCUT2D eigenvalue weighted by atomic mass is 10.0. The average molecular weight is 366 g/mol. The van der Waals surface area contributed by atoms with E-state index in [1.54, 1.807) is 24.3 Å². The van der Waals surface area contributed by atoms with Crippen molar-refractivity contribution >= 4 is 17.8 Å². The fourth-order valence-electron chi connectivity index (χ4n) is 3.37. The van der Waals surface area contributed by atoms with Gasteiger partial charge < -0.3 is 15.3 Å². The molecule has 2 aromatic carbocycles. The number of hydrogen-bond acceptors (Lipinski definition) is 3. The van der Waals surface area contributed by atoms with Crippen molar-refractivity contribution in [1.29, 1.82) is 0 Å². The Morgan fingerprint density at radius 3 is 2.30 bits per heavy atom.